The maximum Gasteiger partial charge on any atom is 0.326 e. The molecule has 13 nitrogen and oxygen atoms in total. The standard InChI is InChI=1S/C40H75N3O10/c1-3-4-5-6-7-8-9-10-11-12-13-14-15-16-17-18-19-20-21-22-38(46)43-36(40(48)49)23-24-37(45)41-25-27-50-30-32-53-34-39(47)42-26-28-51-29-31-52-33-35(2)44/h36H,3-34H2,1-2H3,(H,41,45)(H,42,47)(H,43,46)(H,48,49)/t36-/m0/s1. The van der Waals surface area contributed by atoms with Gasteiger partial charge in [0.25, 0.3) is 0 Å². The van der Waals surface area contributed by atoms with Crippen LogP contribution in [0.15, 0.2) is 0 Å². The summed E-state index contributed by atoms with van der Waals surface area (Å²) in [6.07, 6.45) is 24.6. The van der Waals surface area contributed by atoms with Crippen LogP contribution in [0.5, 0.6) is 0 Å². The Hall–Kier alpha value is -2.61. The minimum atomic E-state index is -1.16. The van der Waals surface area contributed by atoms with Crippen LogP contribution < -0.4 is 16.0 Å². The minimum absolute atomic E-state index is 0.00449. The van der Waals surface area contributed by atoms with E-state index in [-0.39, 0.29) is 82.3 Å². The number of rotatable bonds is 41. The molecule has 0 saturated heterocycles. The van der Waals surface area contributed by atoms with Gasteiger partial charge in [0.2, 0.25) is 17.7 Å². The summed E-state index contributed by atoms with van der Waals surface area (Å²) in [6, 6.07) is -1.11. The van der Waals surface area contributed by atoms with Crippen molar-refractivity contribution in [3.63, 3.8) is 0 Å². The zero-order valence-electron chi connectivity index (χ0n) is 33.3. The first-order chi connectivity index (χ1) is 25.8. The molecule has 0 aromatic heterocycles. The number of hydrogen-bond donors (Lipinski definition) is 4. The van der Waals surface area contributed by atoms with E-state index in [1.54, 1.807) is 0 Å². The fraction of sp³-hybridized carbons (Fsp3) is 0.875. The van der Waals surface area contributed by atoms with Gasteiger partial charge in [-0.05, 0) is 19.8 Å². The highest BCUT2D eigenvalue weighted by Gasteiger charge is 2.20. The summed E-state index contributed by atoms with van der Waals surface area (Å²) < 4.78 is 21.0. The van der Waals surface area contributed by atoms with Crippen LogP contribution in [-0.2, 0) is 42.9 Å². The van der Waals surface area contributed by atoms with Crippen LogP contribution in [0, 0.1) is 0 Å². The molecule has 1 atom stereocenters. The second-order valence-electron chi connectivity index (χ2n) is 13.8. The second kappa shape index (κ2) is 39.1. The van der Waals surface area contributed by atoms with Crippen molar-refractivity contribution >= 4 is 29.5 Å². The normalized spacial score (nSPS) is 11.7. The van der Waals surface area contributed by atoms with Gasteiger partial charge in [-0.2, -0.15) is 0 Å². The monoisotopic (exact) mass is 758 g/mol. The lowest BCUT2D eigenvalue weighted by atomic mass is 10.0. The van der Waals surface area contributed by atoms with E-state index in [0.29, 0.717) is 26.4 Å². The maximum absolute atomic E-state index is 12.3. The number of carboxylic acid groups (broad SMARTS) is 1. The molecule has 0 aromatic rings. The molecule has 0 aromatic carbocycles. The first kappa shape index (κ1) is 50.4. The van der Waals surface area contributed by atoms with Gasteiger partial charge in [0.05, 0.1) is 39.6 Å². The van der Waals surface area contributed by atoms with Gasteiger partial charge in [-0.1, -0.05) is 122 Å². The van der Waals surface area contributed by atoms with Crippen molar-refractivity contribution in [2.24, 2.45) is 0 Å². The molecule has 13 heteroatoms. The van der Waals surface area contributed by atoms with E-state index in [1.165, 1.54) is 110 Å². The number of ketones is 1. The van der Waals surface area contributed by atoms with Gasteiger partial charge in [0.1, 0.15) is 19.3 Å². The first-order valence-electron chi connectivity index (χ1n) is 20.6. The van der Waals surface area contributed by atoms with E-state index in [9.17, 15) is 29.1 Å². The third kappa shape index (κ3) is 38.9. The third-order valence-corrected chi connectivity index (χ3v) is 8.72. The highest BCUT2D eigenvalue weighted by atomic mass is 16.5. The summed E-state index contributed by atoms with van der Waals surface area (Å²) in [6.45, 7) is 5.83. The van der Waals surface area contributed by atoms with Crippen molar-refractivity contribution in [2.45, 2.75) is 161 Å². The van der Waals surface area contributed by atoms with Crippen LogP contribution in [0.25, 0.3) is 0 Å². The van der Waals surface area contributed by atoms with Crippen LogP contribution >= 0.6 is 0 Å². The zero-order chi connectivity index (χ0) is 39.0. The summed E-state index contributed by atoms with van der Waals surface area (Å²) in [7, 11) is 0. The summed E-state index contributed by atoms with van der Waals surface area (Å²) in [5.74, 6) is -2.11. The van der Waals surface area contributed by atoms with E-state index in [1.807, 2.05) is 0 Å². The highest BCUT2D eigenvalue weighted by Crippen LogP contribution is 2.15. The molecule has 0 spiro atoms. The summed E-state index contributed by atoms with van der Waals surface area (Å²) >= 11 is 0. The molecule has 310 valence electrons. The molecule has 0 fully saturated rings. The zero-order valence-corrected chi connectivity index (χ0v) is 33.3. The summed E-state index contributed by atoms with van der Waals surface area (Å²) in [5.41, 5.74) is 0. The predicted octanol–water partition coefficient (Wildman–Crippen LogP) is 6.05. The Morgan fingerprint density at radius 3 is 1.36 bits per heavy atom. The SMILES string of the molecule is CCCCCCCCCCCCCCCCCCCCCC(=O)N[C@@H](CCC(=O)NCCOCCOCC(=O)NCCOCCOCC(C)=O)C(=O)O. The number of hydrogen-bond acceptors (Lipinski definition) is 9. The van der Waals surface area contributed by atoms with E-state index in [0.717, 1.165) is 19.3 Å². The fourth-order valence-corrected chi connectivity index (χ4v) is 5.65. The Kier molecular flexibility index (Phi) is 37.2. The third-order valence-electron chi connectivity index (χ3n) is 8.72. The first-order valence-corrected chi connectivity index (χ1v) is 20.6. The Morgan fingerprint density at radius 1 is 0.491 bits per heavy atom. The second-order valence-corrected chi connectivity index (χ2v) is 13.8. The molecule has 0 saturated carbocycles. The van der Waals surface area contributed by atoms with Gasteiger partial charge in [-0.25, -0.2) is 4.79 Å². The van der Waals surface area contributed by atoms with Crippen molar-refractivity contribution in [2.75, 3.05) is 65.9 Å². The minimum Gasteiger partial charge on any atom is -0.480 e. The van der Waals surface area contributed by atoms with Crippen molar-refractivity contribution in [1.29, 1.82) is 0 Å². The number of nitrogens with one attached hydrogen (secondary N) is 3. The molecule has 0 unspecified atom stereocenters. The van der Waals surface area contributed by atoms with Gasteiger partial charge in [0, 0.05) is 25.9 Å². The molecule has 0 bridgehead atoms. The largest absolute Gasteiger partial charge is 0.480 e. The quantitative estimate of drug-likeness (QED) is 0.0537. The van der Waals surface area contributed by atoms with E-state index in [2.05, 4.69) is 22.9 Å². The van der Waals surface area contributed by atoms with Crippen LogP contribution in [0.1, 0.15) is 155 Å². The Labute approximate surface area is 320 Å². The van der Waals surface area contributed by atoms with Crippen LogP contribution in [0.3, 0.4) is 0 Å². The Morgan fingerprint density at radius 2 is 0.906 bits per heavy atom. The molecular weight excluding hydrogens is 682 g/mol. The van der Waals surface area contributed by atoms with Gasteiger partial charge >= 0.3 is 5.97 Å². The van der Waals surface area contributed by atoms with E-state index < -0.39 is 12.0 Å². The number of Topliss-reactive ketones (excluding diaryl/α,β-unsaturated/α-hetero) is 1. The lowest BCUT2D eigenvalue weighted by Gasteiger charge is -2.14. The summed E-state index contributed by atoms with van der Waals surface area (Å²) in [5, 5.41) is 17.4. The molecule has 0 heterocycles. The molecule has 4 N–H and O–H groups in total. The molecule has 0 radical (unpaired) electrons. The number of carbonyl (C=O) groups excluding carboxylic acids is 4. The van der Waals surface area contributed by atoms with Crippen LogP contribution in [0.4, 0.5) is 0 Å². The summed E-state index contributed by atoms with van der Waals surface area (Å²) in [4.78, 5) is 58.6. The van der Waals surface area contributed by atoms with Gasteiger partial charge in [-0.15, -0.1) is 0 Å². The Bertz CT molecular complexity index is 921. The molecule has 0 rings (SSSR count). The number of aliphatic carboxylic acids is 1. The van der Waals surface area contributed by atoms with Crippen molar-refractivity contribution in [3.8, 4) is 0 Å². The Balaban J connectivity index is 3.63. The number of carbonyl (C=O) groups is 5. The molecule has 0 aliphatic carbocycles. The van der Waals surface area contributed by atoms with Crippen LogP contribution in [0.2, 0.25) is 0 Å². The van der Waals surface area contributed by atoms with Gasteiger partial charge in [0.15, 0.2) is 5.78 Å². The molecule has 3 amide bonds. The lowest BCUT2D eigenvalue weighted by molar-refractivity contribution is -0.142. The van der Waals surface area contributed by atoms with Gasteiger partial charge < -0.3 is 40.0 Å². The fourth-order valence-electron chi connectivity index (χ4n) is 5.65. The average Bonchev–Trinajstić information content (AvgIpc) is 3.12. The van der Waals surface area contributed by atoms with E-state index in [4.69, 9.17) is 18.9 Å². The maximum atomic E-state index is 12.3. The molecule has 0 aliphatic heterocycles. The highest BCUT2D eigenvalue weighted by molar-refractivity contribution is 5.84. The molecule has 53 heavy (non-hydrogen) atoms. The smallest absolute Gasteiger partial charge is 0.326 e. The number of amides is 3. The number of ether oxygens (including phenoxy) is 4. The predicted molar refractivity (Wildman–Crippen MR) is 207 cm³/mol. The topological polar surface area (TPSA) is 179 Å². The molecule has 0 aliphatic rings. The average molecular weight is 758 g/mol. The van der Waals surface area contributed by atoms with E-state index >= 15 is 0 Å². The van der Waals surface area contributed by atoms with Crippen molar-refractivity contribution in [1.82, 2.24) is 16.0 Å². The van der Waals surface area contributed by atoms with Gasteiger partial charge in [-0.3, -0.25) is 19.2 Å². The number of carboxylic acids is 1. The number of unbranched alkanes of at least 4 members (excludes halogenated alkanes) is 18. The lowest BCUT2D eigenvalue weighted by Crippen LogP contribution is -2.41. The van der Waals surface area contributed by atoms with Crippen LogP contribution in [-0.4, -0.2) is 107 Å². The molecular formula is C40H75N3O10. The van der Waals surface area contributed by atoms with Crippen molar-refractivity contribution in [3.05, 3.63) is 0 Å². The van der Waals surface area contributed by atoms with Crippen molar-refractivity contribution < 1.29 is 48.0 Å².